The van der Waals surface area contributed by atoms with Gasteiger partial charge in [-0.05, 0) is 62.7 Å². The van der Waals surface area contributed by atoms with Gasteiger partial charge in [0.15, 0.2) is 0 Å². The van der Waals surface area contributed by atoms with E-state index in [4.69, 9.17) is 9.47 Å². The number of hydrogen-bond donors (Lipinski definition) is 1. The molecule has 0 aliphatic rings. The lowest BCUT2D eigenvalue weighted by Gasteiger charge is -2.34. The normalized spacial score (nSPS) is 12.1. The quantitative estimate of drug-likeness (QED) is 0.390. The zero-order valence-corrected chi connectivity index (χ0v) is 21.6. The number of carbonyl (C=O) groups excluding carboxylic acids is 2. The van der Waals surface area contributed by atoms with Gasteiger partial charge in [-0.25, -0.2) is 4.68 Å². The van der Waals surface area contributed by atoms with Crippen molar-refractivity contribution in [2.75, 3.05) is 19.1 Å². The lowest BCUT2D eigenvalue weighted by molar-refractivity contribution is -0.128. The minimum absolute atomic E-state index is 0.124. The van der Waals surface area contributed by atoms with E-state index in [9.17, 15) is 9.59 Å². The molecule has 2 amide bonds. The van der Waals surface area contributed by atoms with Crippen molar-refractivity contribution < 1.29 is 19.1 Å². The summed E-state index contributed by atoms with van der Waals surface area (Å²) in [4.78, 5) is 29.4. The maximum Gasteiger partial charge on any atom is 0.249 e. The third-order valence-electron chi connectivity index (χ3n) is 5.72. The van der Waals surface area contributed by atoms with Crippen LogP contribution in [-0.4, -0.2) is 46.6 Å². The fraction of sp³-hybridized carbons (Fsp3) is 0.286. The Bertz CT molecular complexity index is 1410. The van der Waals surface area contributed by atoms with Crippen LogP contribution in [0.15, 0.2) is 72.8 Å². The van der Waals surface area contributed by atoms with Crippen molar-refractivity contribution >= 4 is 28.5 Å². The van der Waals surface area contributed by atoms with Gasteiger partial charge in [0.05, 0.1) is 19.7 Å². The van der Waals surface area contributed by atoms with E-state index in [1.165, 1.54) is 9.58 Å². The number of aromatic nitrogens is 3. The molecule has 4 aromatic rings. The van der Waals surface area contributed by atoms with Gasteiger partial charge < -0.3 is 14.8 Å². The topological polar surface area (TPSA) is 98.6 Å². The van der Waals surface area contributed by atoms with Crippen LogP contribution in [0.2, 0.25) is 0 Å². The molecule has 9 nitrogen and oxygen atoms in total. The average molecular weight is 502 g/mol. The Kier molecular flexibility index (Phi) is 7.42. The van der Waals surface area contributed by atoms with Gasteiger partial charge in [0.25, 0.3) is 0 Å². The summed E-state index contributed by atoms with van der Waals surface area (Å²) in [5, 5.41) is 11.4. The summed E-state index contributed by atoms with van der Waals surface area (Å²) in [7, 11) is 3.11. The third-order valence-corrected chi connectivity index (χ3v) is 5.72. The maximum atomic E-state index is 14.1. The molecule has 0 unspecified atom stereocenters. The predicted molar refractivity (Wildman–Crippen MR) is 142 cm³/mol. The molecule has 4 rings (SSSR count). The molecule has 1 N–H and O–H groups in total. The van der Waals surface area contributed by atoms with Gasteiger partial charge in [0.1, 0.15) is 29.6 Å². The van der Waals surface area contributed by atoms with Crippen molar-refractivity contribution in [1.82, 2.24) is 20.3 Å². The summed E-state index contributed by atoms with van der Waals surface area (Å²) < 4.78 is 12.4. The van der Waals surface area contributed by atoms with E-state index in [-0.39, 0.29) is 18.4 Å². The first kappa shape index (κ1) is 25.7. The SMILES string of the molecule is COc1cccc([C@@H](C(=O)NC(C)(C)C)N(C(=O)Cn2nnc3ccccc32)c2cccc(OC)c2)c1. The van der Waals surface area contributed by atoms with E-state index >= 15 is 0 Å². The first-order valence-electron chi connectivity index (χ1n) is 11.9. The summed E-state index contributed by atoms with van der Waals surface area (Å²) in [6.45, 7) is 5.56. The van der Waals surface area contributed by atoms with E-state index in [1.54, 1.807) is 62.8 Å². The van der Waals surface area contributed by atoms with E-state index in [0.29, 0.717) is 28.3 Å². The molecule has 0 saturated carbocycles. The molecule has 37 heavy (non-hydrogen) atoms. The number of nitrogens with one attached hydrogen (secondary N) is 1. The van der Waals surface area contributed by atoms with Gasteiger partial charge >= 0.3 is 0 Å². The molecule has 0 radical (unpaired) electrons. The number of nitrogens with zero attached hydrogens (tertiary/aromatic N) is 4. The van der Waals surface area contributed by atoms with Crippen LogP contribution in [0.3, 0.4) is 0 Å². The summed E-state index contributed by atoms with van der Waals surface area (Å²) in [5.41, 5.74) is 1.97. The maximum absolute atomic E-state index is 14.1. The van der Waals surface area contributed by atoms with Gasteiger partial charge in [-0.2, -0.15) is 0 Å². The third kappa shape index (κ3) is 5.88. The molecule has 0 bridgehead atoms. The second-order valence-electron chi connectivity index (χ2n) is 9.62. The lowest BCUT2D eigenvalue weighted by Crippen LogP contribution is -2.50. The zero-order chi connectivity index (χ0) is 26.6. The van der Waals surface area contributed by atoms with Gasteiger partial charge in [-0.15, -0.1) is 5.10 Å². The molecule has 1 aromatic heterocycles. The van der Waals surface area contributed by atoms with Gasteiger partial charge in [-0.3, -0.25) is 14.5 Å². The summed E-state index contributed by atoms with van der Waals surface area (Å²) in [5.74, 6) is 0.453. The van der Waals surface area contributed by atoms with Gasteiger partial charge in [0, 0.05) is 17.3 Å². The molecular formula is C28H31N5O4. The molecule has 1 atom stereocenters. The molecule has 0 aliphatic carbocycles. The number of fused-ring (bicyclic) bond motifs is 1. The van der Waals surface area contributed by atoms with Crippen molar-refractivity contribution in [3.63, 3.8) is 0 Å². The Hall–Kier alpha value is -4.40. The van der Waals surface area contributed by atoms with E-state index in [1.807, 2.05) is 45.0 Å². The number of rotatable bonds is 8. The van der Waals surface area contributed by atoms with Gasteiger partial charge in [0.2, 0.25) is 11.8 Å². The van der Waals surface area contributed by atoms with Crippen LogP contribution < -0.4 is 19.7 Å². The fourth-order valence-electron chi connectivity index (χ4n) is 4.10. The number of carbonyl (C=O) groups is 2. The Balaban J connectivity index is 1.85. The minimum atomic E-state index is -0.997. The van der Waals surface area contributed by atoms with Crippen molar-refractivity contribution in [2.45, 2.75) is 38.9 Å². The van der Waals surface area contributed by atoms with E-state index in [2.05, 4.69) is 15.6 Å². The van der Waals surface area contributed by atoms with Crippen LogP contribution in [0.1, 0.15) is 32.4 Å². The molecule has 1 heterocycles. The lowest BCUT2D eigenvalue weighted by atomic mass is 10.0. The summed E-state index contributed by atoms with van der Waals surface area (Å²) in [6.07, 6.45) is 0. The highest BCUT2D eigenvalue weighted by molar-refractivity contribution is 6.01. The van der Waals surface area contributed by atoms with Crippen molar-refractivity contribution in [2.24, 2.45) is 0 Å². The molecule has 0 saturated heterocycles. The number of para-hydroxylation sites is 1. The molecule has 9 heteroatoms. The predicted octanol–water partition coefficient (Wildman–Crippen LogP) is 4.14. The summed E-state index contributed by atoms with van der Waals surface area (Å²) in [6, 6.07) is 20.6. The van der Waals surface area contributed by atoms with Crippen molar-refractivity contribution in [3.8, 4) is 11.5 Å². The number of anilines is 1. The van der Waals surface area contributed by atoms with Crippen LogP contribution in [0.5, 0.6) is 11.5 Å². The van der Waals surface area contributed by atoms with Crippen molar-refractivity contribution in [3.05, 3.63) is 78.4 Å². The zero-order valence-electron chi connectivity index (χ0n) is 21.6. The van der Waals surface area contributed by atoms with Crippen LogP contribution >= 0.6 is 0 Å². The first-order chi connectivity index (χ1) is 17.7. The first-order valence-corrected chi connectivity index (χ1v) is 11.9. The fourth-order valence-corrected chi connectivity index (χ4v) is 4.10. The van der Waals surface area contributed by atoms with Crippen molar-refractivity contribution in [1.29, 1.82) is 0 Å². The van der Waals surface area contributed by atoms with Crippen LogP contribution in [0.4, 0.5) is 5.69 Å². The monoisotopic (exact) mass is 501 g/mol. The molecule has 3 aromatic carbocycles. The standard InChI is InChI=1S/C28H31N5O4/c1-28(2,3)29-27(35)26(19-10-8-12-21(16-19)36-4)33(20-11-9-13-22(17-20)37-5)25(34)18-32-24-15-7-6-14-23(24)30-31-32/h6-17,26H,18H2,1-5H3,(H,29,35)/t26-/m0/s1. The average Bonchev–Trinajstić information content (AvgIpc) is 3.28. The Morgan fingerprint density at radius 1 is 0.946 bits per heavy atom. The number of methoxy groups -OCH3 is 2. The summed E-state index contributed by atoms with van der Waals surface area (Å²) >= 11 is 0. The van der Waals surface area contributed by atoms with Crippen LogP contribution in [0.25, 0.3) is 11.0 Å². The Labute approximate surface area is 216 Å². The highest BCUT2D eigenvalue weighted by atomic mass is 16.5. The highest BCUT2D eigenvalue weighted by Gasteiger charge is 2.35. The van der Waals surface area contributed by atoms with Crippen LogP contribution in [-0.2, 0) is 16.1 Å². The number of amides is 2. The number of hydrogen-bond acceptors (Lipinski definition) is 6. The smallest absolute Gasteiger partial charge is 0.249 e. The molecule has 192 valence electrons. The molecule has 0 fully saturated rings. The van der Waals surface area contributed by atoms with E-state index in [0.717, 1.165) is 5.52 Å². The molecular weight excluding hydrogens is 470 g/mol. The minimum Gasteiger partial charge on any atom is -0.497 e. The van der Waals surface area contributed by atoms with E-state index < -0.39 is 11.6 Å². The Morgan fingerprint density at radius 2 is 1.62 bits per heavy atom. The van der Waals surface area contributed by atoms with Crippen LogP contribution in [0, 0.1) is 0 Å². The second kappa shape index (κ2) is 10.7. The largest absolute Gasteiger partial charge is 0.497 e. The second-order valence-corrected chi connectivity index (χ2v) is 9.62. The molecule has 0 aliphatic heterocycles. The van der Waals surface area contributed by atoms with Gasteiger partial charge in [-0.1, -0.05) is 35.5 Å². The molecule has 0 spiro atoms. The number of ether oxygens (including phenoxy) is 2. The highest BCUT2D eigenvalue weighted by Crippen LogP contribution is 2.32. The number of benzene rings is 3. The Morgan fingerprint density at radius 3 is 2.32 bits per heavy atom.